The molecule has 0 aliphatic rings. The van der Waals surface area contributed by atoms with Gasteiger partial charge in [-0.3, -0.25) is 0 Å². The molecule has 0 saturated heterocycles. The van der Waals surface area contributed by atoms with E-state index in [9.17, 15) is 8.78 Å². The number of methoxy groups -OCH3 is 1. The molecule has 1 rings (SSSR count). The third kappa shape index (κ3) is 2.26. The fourth-order valence-corrected chi connectivity index (χ4v) is 1.47. The van der Waals surface area contributed by atoms with Crippen LogP contribution in [0.5, 0.6) is 5.75 Å². The first-order valence-electron chi connectivity index (χ1n) is 4.66. The second kappa shape index (κ2) is 4.14. The van der Waals surface area contributed by atoms with Crippen molar-refractivity contribution < 1.29 is 13.5 Å². The number of hydrogen-bond donors (Lipinski definition) is 1. The van der Waals surface area contributed by atoms with Crippen molar-refractivity contribution in [3.63, 3.8) is 0 Å². The average Bonchev–Trinajstić information content (AvgIpc) is 2.15. The van der Waals surface area contributed by atoms with Gasteiger partial charge >= 0.3 is 0 Å². The Morgan fingerprint density at radius 1 is 1.33 bits per heavy atom. The lowest BCUT2D eigenvalue weighted by molar-refractivity contribution is 0.378. The second-order valence-electron chi connectivity index (χ2n) is 4.05. The van der Waals surface area contributed by atoms with Crippen molar-refractivity contribution in [2.45, 2.75) is 19.3 Å². The highest BCUT2D eigenvalue weighted by Crippen LogP contribution is 2.33. The Balaban J connectivity index is 3.39. The number of ether oxygens (including phenoxy) is 1. The van der Waals surface area contributed by atoms with Gasteiger partial charge in [-0.1, -0.05) is 13.8 Å². The summed E-state index contributed by atoms with van der Waals surface area (Å²) in [5, 5.41) is 0. The molecule has 0 spiro atoms. The normalized spacial score (nSPS) is 11.6. The molecule has 0 saturated carbocycles. The highest BCUT2D eigenvalue weighted by atomic mass is 19.1. The molecule has 0 atom stereocenters. The van der Waals surface area contributed by atoms with E-state index in [1.807, 2.05) is 0 Å². The molecule has 0 heterocycles. The van der Waals surface area contributed by atoms with E-state index in [0.717, 1.165) is 12.1 Å². The van der Waals surface area contributed by atoms with E-state index in [1.54, 1.807) is 13.8 Å². The summed E-state index contributed by atoms with van der Waals surface area (Å²) in [6, 6.07) is 2.01. The first-order chi connectivity index (χ1) is 6.92. The first-order valence-corrected chi connectivity index (χ1v) is 4.66. The van der Waals surface area contributed by atoms with Gasteiger partial charge < -0.3 is 10.5 Å². The summed E-state index contributed by atoms with van der Waals surface area (Å²) in [4.78, 5) is 0. The molecular formula is C11H15F2NO. The fraction of sp³-hybridized carbons (Fsp3) is 0.455. The van der Waals surface area contributed by atoms with E-state index in [4.69, 9.17) is 10.5 Å². The van der Waals surface area contributed by atoms with Crippen LogP contribution in [0.3, 0.4) is 0 Å². The summed E-state index contributed by atoms with van der Waals surface area (Å²) in [7, 11) is 1.38. The van der Waals surface area contributed by atoms with Gasteiger partial charge in [-0.05, 0) is 0 Å². The number of rotatable bonds is 3. The zero-order valence-electron chi connectivity index (χ0n) is 9.10. The standard InChI is InChI=1S/C11H15F2NO/c1-11(2,6-14)10-8(13)4-7(12)5-9(10)15-3/h4-5H,6,14H2,1-3H3. The molecule has 0 aliphatic carbocycles. The Morgan fingerprint density at radius 2 is 1.93 bits per heavy atom. The number of nitrogens with two attached hydrogens (primary N) is 1. The van der Waals surface area contributed by atoms with Gasteiger partial charge in [0.05, 0.1) is 7.11 Å². The van der Waals surface area contributed by atoms with Crippen molar-refractivity contribution in [3.8, 4) is 5.75 Å². The molecule has 0 bridgehead atoms. The maximum Gasteiger partial charge on any atom is 0.133 e. The maximum atomic E-state index is 13.6. The Hall–Kier alpha value is -1.16. The van der Waals surface area contributed by atoms with Crippen LogP contribution >= 0.6 is 0 Å². The highest BCUT2D eigenvalue weighted by molar-refractivity contribution is 5.40. The molecule has 0 aromatic heterocycles. The van der Waals surface area contributed by atoms with E-state index < -0.39 is 17.0 Å². The molecule has 0 amide bonds. The number of hydrogen-bond acceptors (Lipinski definition) is 2. The molecule has 0 unspecified atom stereocenters. The molecule has 4 heteroatoms. The molecule has 1 aromatic rings. The third-order valence-electron chi connectivity index (χ3n) is 2.43. The lowest BCUT2D eigenvalue weighted by Gasteiger charge is -2.25. The van der Waals surface area contributed by atoms with Crippen LogP contribution in [0, 0.1) is 11.6 Å². The Morgan fingerprint density at radius 3 is 2.40 bits per heavy atom. The minimum Gasteiger partial charge on any atom is -0.496 e. The lowest BCUT2D eigenvalue weighted by atomic mass is 9.83. The van der Waals surface area contributed by atoms with Gasteiger partial charge in [0, 0.05) is 29.7 Å². The van der Waals surface area contributed by atoms with Crippen LogP contribution in [-0.2, 0) is 5.41 Å². The van der Waals surface area contributed by atoms with Crippen molar-refractivity contribution >= 4 is 0 Å². The van der Waals surface area contributed by atoms with Crippen LogP contribution < -0.4 is 10.5 Å². The molecule has 2 N–H and O–H groups in total. The summed E-state index contributed by atoms with van der Waals surface area (Å²) in [6.07, 6.45) is 0. The number of benzene rings is 1. The van der Waals surface area contributed by atoms with Gasteiger partial charge in [-0.2, -0.15) is 0 Å². The zero-order chi connectivity index (χ0) is 11.6. The monoisotopic (exact) mass is 215 g/mol. The van der Waals surface area contributed by atoms with Gasteiger partial charge in [-0.25, -0.2) is 8.78 Å². The summed E-state index contributed by atoms with van der Waals surface area (Å²) < 4.78 is 31.5. The smallest absolute Gasteiger partial charge is 0.133 e. The summed E-state index contributed by atoms with van der Waals surface area (Å²) in [5.41, 5.74) is 5.29. The van der Waals surface area contributed by atoms with Gasteiger partial charge in [0.2, 0.25) is 0 Å². The summed E-state index contributed by atoms with van der Waals surface area (Å²) >= 11 is 0. The van der Waals surface area contributed by atoms with Crippen molar-refractivity contribution in [3.05, 3.63) is 29.3 Å². The van der Waals surface area contributed by atoms with Crippen LogP contribution in [-0.4, -0.2) is 13.7 Å². The van der Waals surface area contributed by atoms with Gasteiger partial charge in [0.1, 0.15) is 17.4 Å². The quantitative estimate of drug-likeness (QED) is 0.839. The second-order valence-corrected chi connectivity index (χ2v) is 4.05. The summed E-state index contributed by atoms with van der Waals surface area (Å²) in [5.74, 6) is -1.08. The van der Waals surface area contributed by atoms with Crippen LogP contribution in [0.2, 0.25) is 0 Å². The molecule has 2 nitrogen and oxygen atoms in total. The summed E-state index contributed by atoms with van der Waals surface area (Å²) in [6.45, 7) is 3.82. The predicted molar refractivity (Wildman–Crippen MR) is 55.0 cm³/mol. The minimum atomic E-state index is -0.652. The molecule has 15 heavy (non-hydrogen) atoms. The van der Waals surface area contributed by atoms with Crippen molar-refractivity contribution in [1.29, 1.82) is 0 Å². The van der Waals surface area contributed by atoms with Crippen LogP contribution in [0.25, 0.3) is 0 Å². The van der Waals surface area contributed by atoms with E-state index in [0.29, 0.717) is 5.56 Å². The molecule has 84 valence electrons. The van der Waals surface area contributed by atoms with Crippen LogP contribution in [0.15, 0.2) is 12.1 Å². The van der Waals surface area contributed by atoms with E-state index >= 15 is 0 Å². The van der Waals surface area contributed by atoms with Gasteiger partial charge in [-0.15, -0.1) is 0 Å². The molecule has 0 aliphatic heterocycles. The Labute approximate surface area is 88.0 Å². The largest absolute Gasteiger partial charge is 0.496 e. The van der Waals surface area contributed by atoms with Gasteiger partial charge in [0.15, 0.2) is 0 Å². The van der Waals surface area contributed by atoms with Crippen molar-refractivity contribution in [2.75, 3.05) is 13.7 Å². The van der Waals surface area contributed by atoms with E-state index in [2.05, 4.69) is 0 Å². The van der Waals surface area contributed by atoms with Gasteiger partial charge in [0.25, 0.3) is 0 Å². The molecular weight excluding hydrogens is 200 g/mol. The topological polar surface area (TPSA) is 35.2 Å². The van der Waals surface area contributed by atoms with Crippen LogP contribution in [0.4, 0.5) is 8.78 Å². The zero-order valence-corrected chi connectivity index (χ0v) is 9.10. The van der Waals surface area contributed by atoms with E-state index in [-0.39, 0.29) is 12.3 Å². The van der Waals surface area contributed by atoms with Crippen molar-refractivity contribution in [2.24, 2.45) is 5.73 Å². The Kier molecular flexibility index (Phi) is 3.29. The Bertz CT molecular complexity index is 364. The molecule has 0 fully saturated rings. The fourth-order valence-electron chi connectivity index (χ4n) is 1.47. The predicted octanol–water partition coefficient (Wildman–Crippen LogP) is 2.21. The lowest BCUT2D eigenvalue weighted by Crippen LogP contribution is -2.30. The SMILES string of the molecule is COc1cc(F)cc(F)c1C(C)(C)CN. The highest BCUT2D eigenvalue weighted by Gasteiger charge is 2.27. The maximum absolute atomic E-state index is 13.6. The minimum absolute atomic E-state index is 0.197. The first kappa shape index (κ1) is 11.9. The molecule has 0 radical (unpaired) electrons. The molecule has 1 aromatic carbocycles. The van der Waals surface area contributed by atoms with Crippen LogP contribution in [0.1, 0.15) is 19.4 Å². The number of halogens is 2. The van der Waals surface area contributed by atoms with Crippen molar-refractivity contribution in [1.82, 2.24) is 0 Å². The van der Waals surface area contributed by atoms with E-state index in [1.165, 1.54) is 7.11 Å². The third-order valence-corrected chi connectivity index (χ3v) is 2.43. The average molecular weight is 215 g/mol.